The van der Waals surface area contributed by atoms with Gasteiger partial charge in [0.05, 0.1) is 28.6 Å². The molecular formula is C31H28FN7O2. The highest BCUT2D eigenvalue weighted by Gasteiger charge is 2.46. The van der Waals surface area contributed by atoms with E-state index in [1.165, 1.54) is 18.5 Å². The quantitative estimate of drug-likeness (QED) is 0.268. The zero-order valence-corrected chi connectivity index (χ0v) is 22.7. The highest BCUT2D eigenvalue weighted by Crippen LogP contribution is 2.47. The van der Waals surface area contributed by atoms with E-state index in [0.29, 0.717) is 40.8 Å². The number of anilines is 2. The summed E-state index contributed by atoms with van der Waals surface area (Å²) < 4.78 is 23.3. The maximum absolute atomic E-state index is 15.4. The highest BCUT2D eigenvalue weighted by molar-refractivity contribution is 5.88. The van der Waals surface area contributed by atoms with Crippen molar-refractivity contribution in [2.45, 2.75) is 31.7 Å². The minimum absolute atomic E-state index is 0.00897. The van der Waals surface area contributed by atoms with Crippen LogP contribution in [-0.2, 0) is 11.8 Å². The number of aromatic nitrogens is 5. The molecule has 206 valence electrons. The van der Waals surface area contributed by atoms with Gasteiger partial charge in [-0.3, -0.25) is 4.79 Å². The second kappa shape index (κ2) is 9.65. The monoisotopic (exact) mass is 549 g/mol. The summed E-state index contributed by atoms with van der Waals surface area (Å²) in [5.74, 6) is 1.52. The number of imidazole rings is 1. The molecule has 1 aliphatic carbocycles. The average Bonchev–Trinajstić information content (AvgIpc) is 3.70. The van der Waals surface area contributed by atoms with Gasteiger partial charge in [-0.2, -0.15) is 0 Å². The predicted octanol–water partition coefficient (Wildman–Crippen LogP) is 5.79. The molecule has 2 aliphatic rings. The Balaban J connectivity index is 1.14. The number of pyridine rings is 1. The molecule has 0 radical (unpaired) electrons. The first-order valence-corrected chi connectivity index (χ1v) is 13.6. The molecule has 1 saturated carbocycles. The largest absolute Gasteiger partial charge is 0.457 e. The number of hydrogen-bond acceptors (Lipinski definition) is 7. The lowest BCUT2D eigenvalue weighted by Crippen LogP contribution is -2.38. The summed E-state index contributed by atoms with van der Waals surface area (Å²) in [7, 11) is 1.93. The van der Waals surface area contributed by atoms with Gasteiger partial charge >= 0.3 is 0 Å². The van der Waals surface area contributed by atoms with Crippen LogP contribution >= 0.6 is 0 Å². The minimum Gasteiger partial charge on any atom is -0.457 e. The standard InChI is InChI=1S/C31H28FN7O2/c1-4-29(40)39-14-18-10-19(39)11-21(18)23-6-7-24-30(36-23)31(34-15-33-24)37-25-9-17(2)28(13-22(25)32)41-20-5-8-27-26(12-20)35-16-38(27)3/h4-9,12-13,15-16,18-19,21H,1,10-11,14H2,2-3H3,(H,33,34,37)/t18-,19-,21-/m1/s1. The molecule has 3 aromatic heterocycles. The van der Waals surface area contributed by atoms with Crippen molar-refractivity contribution in [2.75, 3.05) is 11.9 Å². The Labute approximate surface area is 235 Å². The Bertz CT molecular complexity index is 1850. The molecule has 1 saturated heterocycles. The molecule has 2 fully saturated rings. The first-order valence-electron chi connectivity index (χ1n) is 13.6. The van der Waals surface area contributed by atoms with E-state index in [1.54, 1.807) is 12.4 Å². The molecule has 5 aromatic rings. The second-order valence-corrected chi connectivity index (χ2v) is 10.8. The van der Waals surface area contributed by atoms with Gasteiger partial charge in [0.15, 0.2) is 5.82 Å². The molecule has 3 atom stereocenters. The van der Waals surface area contributed by atoms with E-state index in [1.807, 2.05) is 53.8 Å². The maximum Gasteiger partial charge on any atom is 0.246 e. The third-order valence-electron chi connectivity index (χ3n) is 8.33. The fourth-order valence-corrected chi connectivity index (χ4v) is 6.26. The van der Waals surface area contributed by atoms with Crippen LogP contribution in [0.15, 0.2) is 67.8 Å². The lowest BCUT2D eigenvalue weighted by atomic mass is 9.90. The molecule has 1 aliphatic heterocycles. The first kappa shape index (κ1) is 25.1. The van der Waals surface area contributed by atoms with E-state index in [-0.39, 0.29) is 23.6 Å². The smallest absolute Gasteiger partial charge is 0.246 e. The molecule has 10 heteroatoms. The number of nitrogens with one attached hydrogen (secondary N) is 1. The van der Waals surface area contributed by atoms with Crippen LogP contribution in [-0.4, -0.2) is 47.9 Å². The topological polar surface area (TPSA) is 98.1 Å². The van der Waals surface area contributed by atoms with Gasteiger partial charge in [-0.05, 0) is 67.7 Å². The average molecular weight is 550 g/mol. The Morgan fingerprint density at radius 3 is 2.80 bits per heavy atom. The van der Waals surface area contributed by atoms with E-state index in [4.69, 9.17) is 9.72 Å². The van der Waals surface area contributed by atoms with Crippen LogP contribution in [0.4, 0.5) is 15.9 Å². The molecule has 7 rings (SSSR count). The summed E-state index contributed by atoms with van der Waals surface area (Å²) in [5, 5.41) is 3.13. The SMILES string of the molecule is C=CC(=O)N1C[C@H]2C[C@@H]1C[C@H]2c1ccc2ncnc(Nc3cc(C)c(Oc4ccc5c(c4)ncn5C)cc3F)c2n1. The zero-order chi connectivity index (χ0) is 28.2. The lowest BCUT2D eigenvalue weighted by molar-refractivity contribution is -0.127. The maximum atomic E-state index is 15.4. The van der Waals surface area contributed by atoms with Crippen molar-refractivity contribution < 1.29 is 13.9 Å². The summed E-state index contributed by atoms with van der Waals surface area (Å²) in [6, 6.07) is 12.8. The summed E-state index contributed by atoms with van der Waals surface area (Å²) >= 11 is 0. The van der Waals surface area contributed by atoms with E-state index in [2.05, 4.69) is 26.8 Å². The summed E-state index contributed by atoms with van der Waals surface area (Å²) in [6.07, 6.45) is 6.40. The normalized spacial score (nSPS) is 19.7. The Morgan fingerprint density at radius 1 is 1.12 bits per heavy atom. The molecular weight excluding hydrogens is 521 g/mol. The van der Waals surface area contributed by atoms with Crippen LogP contribution in [0.1, 0.15) is 30.0 Å². The van der Waals surface area contributed by atoms with Gasteiger partial charge in [-0.15, -0.1) is 0 Å². The number of halogens is 1. The van der Waals surface area contributed by atoms with Crippen molar-refractivity contribution in [3.63, 3.8) is 0 Å². The number of rotatable bonds is 6. The van der Waals surface area contributed by atoms with Gasteiger partial charge in [-0.1, -0.05) is 6.58 Å². The number of aryl methyl sites for hydroxylation is 2. The Kier molecular flexibility index (Phi) is 5.92. The highest BCUT2D eigenvalue weighted by atomic mass is 19.1. The molecule has 41 heavy (non-hydrogen) atoms. The van der Waals surface area contributed by atoms with E-state index in [9.17, 15) is 4.79 Å². The van der Waals surface area contributed by atoms with Gasteiger partial charge in [0.1, 0.15) is 29.2 Å². The van der Waals surface area contributed by atoms with E-state index < -0.39 is 5.82 Å². The number of carbonyl (C=O) groups is 1. The van der Waals surface area contributed by atoms with E-state index >= 15 is 4.39 Å². The summed E-state index contributed by atoms with van der Waals surface area (Å²) in [4.78, 5) is 32.2. The molecule has 0 spiro atoms. The van der Waals surface area contributed by atoms with Crippen molar-refractivity contribution in [1.82, 2.24) is 29.4 Å². The van der Waals surface area contributed by atoms with Crippen molar-refractivity contribution in [3.05, 3.63) is 84.8 Å². The molecule has 1 amide bonds. The third kappa shape index (κ3) is 4.35. The van der Waals surface area contributed by atoms with Crippen molar-refractivity contribution in [1.29, 1.82) is 0 Å². The number of carbonyl (C=O) groups excluding carboxylic acids is 1. The molecule has 1 N–H and O–H groups in total. The fourth-order valence-electron chi connectivity index (χ4n) is 6.26. The van der Waals surface area contributed by atoms with Crippen LogP contribution in [0.2, 0.25) is 0 Å². The van der Waals surface area contributed by atoms with Crippen LogP contribution in [0.3, 0.4) is 0 Å². The third-order valence-corrected chi connectivity index (χ3v) is 8.33. The van der Waals surface area contributed by atoms with Crippen molar-refractivity contribution >= 4 is 39.5 Å². The molecule has 4 heterocycles. The number of likely N-dealkylation sites (tertiary alicyclic amines) is 1. The minimum atomic E-state index is -0.479. The number of benzene rings is 2. The van der Waals surface area contributed by atoms with Gasteiger partial charge in [-0.25, -0.2) is 24.3 Å². The van der Waals surface area contributed by atoms with Crippen molar-refractivity contribution in [3.8, 4) is 11.5 Å². The summed E-state index contributed by atoms with van der Waals surface area (Å²) in [5.41, 5.74) is 4.99. The fraction of sp³-hybridized carbons (Fsp3) is 0.258. The number of fused-ring (bicyclic) bond motifs is 4. The number of hydrogen-bond donors (Lipinski definition) is 1. The van der Waals surface area contributed by atoms with E-state index in [0.717, 1.165) is 35.1 Å². The van der Waals surface area contributed by atoms with Crippen LogP contribution in [0.25, 0.3) is 22.1 Å². The second-order valence-electron chi connectivity index (χ2n) is 10.8. The van der Waals surface area contributed by atoms with Crippen molar-refractivity contribution in [2.24, 2.45) is 13.0 Å². The van der Waals surface area contributed by atoms with Gasteiger partial charge in [0, 0.05) is 43.4 Å². The molecule has 2 bridgehead atoms. The number of nitrogens with zero attached hydrogens (tertiary/aromatic N) is 6. The van der Waals surface area contributed by atoms with Gasteiger partial charge < -0.3 is 19.5 Å². The molecule has 0 unspecified atom stereocenters. The van der Waals surface area contributed by atoms with Crippen LogP contribution in [0.5, 0.6) is 11.5 Å². The Morgan fingerprint density at radius 2 is 2.00 bits per heavy atom. The zero-order valence-electron chi connectivity index (χ0n) is 22.7. The molecule has 2 aromatic carbocycles. The lowest BCUT2D eigenvalue weighted by Gasteiger charge is -2.30. The van der Waals surface area contributed by atoms with Gasteiger partial charge in [0.25, 0.3) is 0 Å². The van der Waals surface area contributed by atoms with Gasteiger partial charge in [0.2, 0.25) is 5.91 Å². The summed E-state index contributed by atoms with van der Waals surface area (Å²) in [6.45, 7) is 6.21. The number of piperidine rings is 1. The van der Waals surface area contributed by atoms with Crippen LogP contribution < -0.4 is 10.1 Å². The first-order chi connectivity index (χ1) is 19.9. The molecule has 9 nitrogen and oxygen atoms in total. The number of ether oxygens (including phenoxy) is 1. The Hall–Kier alpha value is -4.86. The van der Waals surface area contributed by atoms with Crippen LogP contribution in [0, 0.1) is 18.7 Å². The number of amides is 1. The predicted molar refractivity (Wildman–Crippen MR) is 154 cm³/mol.